The van der Waals surface area contributed by atoms with Crippen LogP contribution in [0.1, 0.15) is 0 Å². The van der Waals surface area contributed by atoms with Gasteiger partial charge in [-0.05, 0) is 0 Å². The van der Waals surface area contributed by atoms with E-state index in [0.717, 1.165) is 16.9 Å². The molecule has 1 heterocycles. The van der Waals surface area contributed by atoms with Crippen molar-refractivity contribution >= 4 is 10.9 Å². The van der Waals surface area contributed by atoms with Gasteiger partial charge in [0.25, 0.3) is 0 Å². The Bertz CT molecular complexity index is 435. The number of nitrogen functional groups attached to an aromatic ring is 1. The molecule has 1 aromatic heterocycles. The van der Waals surface area contributed by atoms with E-state index in [9.17, 15) is 8.78 Å². The van der Waals surface area contributed by atoms with Crippen LogP contribution in [0.25, 0.3) is 10.9 Å². The Labute approximate surface area is 66.4 Å². The molecule has 0 unspecified atom stereocenters. The van der Waals surface area contributed by atoms with Gasteiger partial charge in [-0.3, -0.25) is 0 Å². The fraction of sp³-hybridized carbons (Fsp3) is 0. The van der Waals surface area contributed by atoms with E-state index in [2.05, 4.69) is 5.10 Å². The number of rotatable bonds is 0. The maximum absolute atomic E-state index is 12.9. The van der Waals surface area contributed by atoms with E-state index >= 15 is 0 Å². The number of fused-ring (bicyclic) bond motifs is 1. The minimum Gasteiger partial charge on any atom is -0.323 e. The Kier molecular flexibility index (Phi) is 1.27. The normalized spacial score (nSPS) is 10.8. The SMILES string of the molecule is Nn1cc2c(F)cc(F)cc2n1. The van der Waals surface area contributed by atoms with Crippen LogP contribution in [0, 0.1) is 11.6 Å². The molecule has 0 amide bonds. The monoisotopic (exact) mass is 169 g/mol. The maximum Gasteiger partial charge on any atom is 0.137 e. The number of benzene rings is 1. The van der Waals surface area contributed by atoms with Gasteiger partial charge in [0.2, 0.25) is 0 Å². The van der Waals surface area contributed by atoms with Crippen molar-refractivity contribution in [1.82, 2.24) is 9.89 Å². The highest BCUT2D eigenvalue weighted by molar-refractivity contribution is 5.78. The lowest BCUT2D eigenvalue weighted by Gasteiger charge is -1.89. The predicted octanol–water partition coefficient (Wildman–Crippen LogP) is 1.03. The zero-order chi connectivity index (χ0) is 8.72. The highest BCUT2D eigenvalue weighted by Gasteiger charge is 2.06. The molecule has 0 spiro atoms. The van der Waals surface area contributed by atoms with Crippen LogP contribution in [0.2, 0.25) is 0 Å². The van der Waals surface area contributed by atoms with Gasteiger partial charge in [0.05, 0.1) is 11.6 Å². The molecule has 62 valence electrons. The van der Waals surface area contributed by atoms with E-state index in [0.29, 0.717) is 0 Å². The molecule has 2 aromatic rings. The molecule has 2 rings (SSSR count). The van der Waals surface area contributed by atoms with Crippen molar-refractivity contribution in [3.63, 3.8) is 0 Å². The van der Waals surface area contributed by atoms with Crippen LogP contribution >= 0.6 is 0 Å². The molecule has 0 saturated carbocycles. The van der Waals surface area contributed by atoms with Crippen LogP contribution in [-0.2, 0) is 0 Å². The molecule has 3 nitrogen and oxygen atoms in total. The van der Waals surface area contributed by atoms with Crippen LogP contribution in [-0.4, -0.2) is 9.89 Å². The van der Waals surface area contributed by atoms with Gasteiger partial charge in [-0.2, -0.15) is 9.89 Å². The van der Waals surface area contributed by atoms with Crippen LogP contribution in [0.5, 0.6) is 0 Å². The van der Waals surface area contributed by atoms with Gasteiger partial charge in [0.1, 0.15) is 17.2 Å². The molecule has 1 aromatic carbocycles. The molecule has 5 heteroatoms. The lowest BCUT2D eigenvalue weighted by atomic mass is 10.2. The molecule has 0 atom stereocenters. The van der Waals surface area contributed by atoms with Gasteiger partial charge < -0.3 is 5.84 Å². The van der Waals surface area contributed by atoms with E-state index < -0.39 is 11.6 Å². The quantitative estimate of drug-likeness (QED) is 0.598. The fourth-order valence-corrected chi connectivity index (χ4v) is 1.07. The summed E-state index contributed by atoms with van der Waals surface area (Å²) in [6, 6.07) is 1.92. The van der Waals surface area contributed by atoms with Crippen LogP contribution in [0.15, 0.2) is 18.3 Å². The van der Waals surface area contributed by atoms with Gasteiger partial charge in [-0.1, -0.05) is 0 Å². The molecule has 0 saturated heterocycles. The number of nitrogens with zero attached hydrogens (tertiary/aromatic N) is 2. The average molecular weight is 169 g/mol. The minimum atomic E-state index is -0.654. The fourth-order valence-electron chi connectivity index (χ4n) is 1.07. The molecular formula is C7H5F2N3. The van der Waals surface area contributed by atoms with Crippen molar-refractivity contribution < 1.29 is 8.78 Å². The lowest BCUT2D eigenvalue weighted by molar-refractivity contribution is 0.592. The van der Waals surface area contributed by atoms with Crippen molar-refractivity contribution in [2.45, 2.75) is 0 Å². The first-order chi connectivity index (χ1) is 5.66. The second kappa shape index (κ2) is 2.17. The summed E-state index contributed by atoms with van der Waals surface area (Å²) in [6.45, 7) is 0. The van der Waals surface area contributed by atoms with E-state index in [1.807, 2.05) is 0 Å². The summed E-state index contributed by atoms with van der Waals surface area (Å²) in [4.78, 5) is 0.952. The molecule has 2 N–H and O–H groups in total. The molecule has 0 aliphatic rings. The lowest BCUT2D eigenvalue weighted by Crippen LogP contribution is -2.07. The number of hydrogen-bond donors (Lipinski definition) is 1. The highest BCUT2D eigenvalue weighted by atomic mass is 19.1. The van der Waals surface area contributed by atoms with E-state index in [1.165, 1.54) is 6.20 Å². The third-order valence-corrected chi connectivity index (χ3v) is 1.56. The molecule has 12 heavy (non-hydrogen) atoms. The number of aromatic nitrogens is 2. The zero-order valence-corrected chi connectivity index (χ0v) is 5.96. The first-order valence-corrected chi connectivity index (χ1v) is 3.26. The molecular weight excluding hydrogens is 164 g/mol. The first kappa shape index (κ1) is 7.02. The zero-order valence-electron chi connectivity index (χ0n) is 5.96. The van der Waals surface area contributed by atoms with Crippen molar-refractivity contribution in [3.05, 3.63) is 30.0 Å². The average Bonchev–Trinajstić information content (AvgIpc) is 2.29. The third-order valence-electron chi connectivity index (χ3n) is 1.56. The summed E-state index contributed by atoms with van der Waals surface area (Å²) < 4.78 is 25.5. The van der Waals surface area contributed by atoms with Gasteiger partial charge >= 0.3 is 0 Å². The Morgan fingerprint density at radius 2 is 2.08 bits per heavy atom. The van der Waals surface area contributed by atoms with Crippen LogP contribution in [0.4, 0.5) is 8.78 Å². The Balaban J connectivity index is 2.88. The third kappa shape index (κ3) is 0.903. The van der Waals surface area contributed by atoms with E-state index in [4.69, 9.17) is 5.84 Å². The van der Waals surface area contributed by atoms with Gasteiger partial charge in [-0.25, -0.2) is 8.78 Å². The summed E-state index contributed by atoms with van der Waals surface area (Å²) >= 11 is 0. The van der Waals surface area contributed by atoms with Gasteiger partial charge in [0, 0.05) is 12.1 Å². The standard InChI is InChI=1S/C7H5F2N3/c8-4-1-6(9)5-3-12(10)11-7(5)2-4/h1-3H,10H2. The number of hydrogen-bond acceptors (Lipinski definition) is 2. The van der Waals surface area contributed by atoms with Gasteiger partial charge in [0.15, 0.2) is 0 Å². The predicted molar refractivity (Wildman–Crippen MR) is 39.8 cm³/mol. The van der Waals surface area contributed by atoms with E-state index in [1.54, 1.807) is 0 Å². The maximum atomic E-state index is 12.9. The van der Waals surface area contributed by atoms with Crippen molar-refractivity contribution in [3.8, 4) is 0 Å². The summed E-state index contributed by atoms with van der Waals surface area (Å²) in [6.07, 6.45) is 1.30. The van der Waals surface area contributed by atoms with Crippen molar-refractivity contribution in [2.24, 2.45) is 0 Å². The number of halogens is 2. The Morgan fingerprint density at radius 1 is 1.33 bits per heavy atom. The second-order valence-corrected chi connectivity index (χ2v) is 2.43. The molecule has 0 aliphatic heterocycles. The number of nitrogens with two attached hydrogens (primary N) is 1. The van der Waals surface area contributed by atoms with Crippen molar-refractivity contribution in [1.29, 1.82) is 0 Å². The van der Waals surface area contributed by atoms with Crippen molar-refractivity contribution in [2.75, 3.05) is 5.84 Å². The Morgan fingerprint density at radius 3 is 2.83 bits per heavy atom. The minimum absolute atomic E-state index is 0.218. The summed E-state index contributed by atoms with van der Waals surface area (Å²) in [5.41, 5.74) is 0.218. The highest BCUT2D eigenvalue weighted by Crippen LogP contribution is 2.16. The largest absolute Gasteiger partial charge is 0.323 e. The Hall–Kier alpha value is -1.65. The van der Waals surface area contributed by atoms with Crippen LogP contribution < -0.4 is 5.84 Å². The molecule has 0 radical (unpaired) electrons. The molecule has 0 bridgehead atoms. The molecule has 0 aliphatic carbocycles. The second-order valence-electron chi connectivity index (χ2n) is 2.43. The van der Waals surface area contributed by atoms with E-state index in [-0.39, 0.29) is 10.9 Å². The van der Waals surface area contributed by atoms with Crippen LogP contribution in [0.3, 0.4) is 0 Å². The molecule has 0 fully saturated rings. The summed E-state index contributed by atoms with van der Waals surface area (Å²) in [7, 11) is 0. The summed E-state index contributed by atoms with van der Waals surface area (Å²) in [5.74, 6) is 3.92. The topological polar surface area (TPSA) is 43.8 Å². The van der Waals surface area contributed by atoms with Gasteiger partial charge in [-0.15, -0.1) is 0 Å². The smallest absolute Gasteiger partial charge is 0.137 e. The summed E-state index contributed by atoms with van der Waals surface area (Å²) in [5, 5.41) is 3.87. The first-order valence-electron chi connectivity index (χ1n) is 3.26.